The zero-order valence-electron chi connectivity index (χ0n) is 16.6. The highest BCUT2D eigenvalue weighted by atomic mass is 32.2. The minimum atomic E-state index is -4.58. The van der Waals surface area contributed by atoms with Crippen LogP contribution in [0, 0.1) is 0 Å². The highest BCUT2D eigenvalue weighted by Gasteiger charge is 2.32. The van der Waals surface area contributed by atoms with Gasteiger partial charge in [0.1, 0.15) is 6.04 Å². The van der Waals surface area contributed by atoms with Gasteiger partial charge in [-0.1, -0.05) is 6.07 Å². The second-order valence-corrected chi connectivity index (χ2v) is 8.20. The van der Waals surface area contributed by atoms with Crippen molar-refractivity contribution in [2.45, 2.75) is 19.1 Å². The molecule has 0 fully saturated rings. The number of nitrogens with one attached hydrogen (secondary N) is 1. The number of amides is 1. The molecule has 11 heteroatoms. The van der Waals surface area contributed by atoms with Crippen LogP contribution in [0.25, 0.3) is 0 Å². The highest BCUT2D eigenvalue weighted by Crippen LogP contribution is 2.34. The second kappa shape index (κ2) is 8.82. The van der Waals surface area contributed by atoms with Crippen molar-refractivity contribution in [1.82, 2.24) is 0 Å². The van der Waals surface area contributed by atoms with Gasteiger partial charge in [-0.2, -0.15) is 13.2 Å². The molecule has 0 aliphatic heterocycles. The Kier molecular flexibility index (Phi) is 6.86. The summed E-state index contributed by atoms with van der Waals surface area (Å²) in [6.45, 7) is 1.32. The van der Waals surface area contributed by atoms with Gasteiger partial charge in [-0.3, -0.25) is 9.10 Å². The summed E-state index contributed by atoms with van der Waals surface area (Å²) in [4.78, 5) is 12.7. The number of sulfonamides is 1. The lowest BCUT2D eigenvalue weighted by atomic mass is 10.2. The number of nitrogens with zero attached hydrogens (tertiary/aromatic N) is 1. The van der Waals surface area contributed by atoms with E-state index in [1.54, 1.807) is 0 Å². The van der Waals surface area contributed by atoms with Crippen LogP contribution in [0.15, 0.2) is 42.5 Å². The molecule has 0 aliphatic carbocycles. The maximum atomic E-state index is 12.9. The monoisotopic (exact) mass is 446 g/mol. The van der Waals surface area contributed by atoms with Crippen LogP contribution in [-0.4, -0.2) is 40.8 Å². The molecule has 2 aromatic rings. The van der Waals surface area contributed by atoms with E-state index in [1.807, 2.05) is 0 Å². The summed E-state index contributed by atoms with van der Waals surface area (Å²) in [7, 11) is -1.15. The van der Waals surface area contributed by atoms with E-state index < -0.39 is 33.7 Å². The summed E-state index contributed by atoms with van der Waals surface area (Å²) in [6, 6.07) is 7.07. The van der Waals surface area contributed by atoms with Gasteiger partial charge in [-0.15, -0.1) is 0 Å². The molecular formula is C19H21F3N2O5S. The van der Waals surface area contributed by atoms with Gasteiger partial charge in [0.2, 0.25) is 15.9 Å². The number of hydrogen-bond donors (Lipinski definition) is 1. The van der Waals surface area contributed by atoms with E-state index in [1.165, 1.54) is 45.4 Å². The van der Waals surface area contributed by atoms with Gasteiger partial charge in [0.15, 0.2) is 11.5 Å². The second-order valence-electron chi connectivity index (χ2n) is 6.34. The Morgan fingerprint density at radius 1 is 1.07 bits per heavy atom. The first-order chi connectivity index (χ1) is 13.9. The van der Waals surface area contributed by atoms with Gasteiger partial charge in [0.05, 0.1) is 31.7 Å². The van der Waals surface area contributed by atoms with E-state index in [9.17, 15) is 26.4 Å². The smallest absolute Gasteiger partial charge is 0.416 e. The quantitative estimate of drug-likeness (QED) is 0.704. The van der Waals surface area contributed by atoms with Gasteiger partial charge in [-0.25, -0.2) is 8.42 Å². The van der Waals surface area contributed by atoms with Gasteiger partial charge in [0.25, 0.3) is 0 Å². The first-order valence-corrected chi connectivity index (χ1v) is 10.4. The first-order valence-electron chi connectivity index (χ1n) is 8.58. The van der Waals surface area contributed by atoms with Crippen molar-refractivity contribution in [3.8, 4) is 11.5 Å². The molecule has 1 N–H and O–H groups in total. The van der Waals surface area contributed by atoms with E-state index >= 15 is 0 Å². The molecular weight excluding hydrogens is 425 g/mol. The average Bonchev–Trinajstić information content (AvgIpc) is 2.66. The number of methoxy groups -OCH3 is 2. The summed E-state index contributed by atoms with van der Waals surface area (Å²) in [5.41, 5.74) is -0.919. The fraction of sp³-hybridized carbons (Fsp3) is 0.316. The van der Waals surface area contributed by atoms with Gasteiger partial charge < -0.3 is 14.8 Å². The Hall–Kier alpha value is -2.95. The molecule has 1 atom stereocenters. The minimum absolute atomic E-state index is 0.109. The van der Waals surface area contributed by atoms with Crippen molar-refractivity contribution in [3.63, 3.8) is 0 Å². The molecule has 0 aliphatic rings. The maximum Gasteiger partial charge on any atom is 0.416 e. The molecule has 2 aromatic carbocycles. The fourth-order valence-electron chi connectivity index (χ4n) is 2.79. The van der Waals surface area contributed by atoms with Gasteiger partial charge >= 0.3 is 6.18 Å². The van der Waals surface area contributed by atoms with Crippen molar-refractivity contribution in [2.24, 2.45) is 0 Å². The van der Waals surface area contributed by atoms with Gasteiger partial charge in [0, 0.05) is 11.8 Å². The van der Waals surface area contributed by atoms with E-state index in [4.69, 9.17) is 9.47 Å². The Labute approximate surface area is 172 Å². The van der Waals surface area contributed by atoms with Crippen LogP contribution in [0.2, 0.25) is 0 Å². The number of halogens is 3. The minimum Gasteiger partial charge on any atom is -0.493 e. The molecule has 0 unspecified atom stereocenters. The van der Waals surface area contributed by atoms with Crippen LogP contribution >= 0.6 is 0 Å². The number of hydrogen-bond acceptors (Lipinski definition) is 5. The molecule has 0 bridgehead atoms. The van der Waals surface area contributed by atoms with Crippen molar-refractivity contribution in [3.05, 3.63) is 48.0 Å². The predicted molar refractivity (Wildman–Crippen MR) is 106 cm³/mol. The summed E-state index contributed by atoms with van der Waals surface area (Å²) in [6.07, 6.45) is -3.66. The zero-order valence-corrected chi connectivity index (χ0v) is 17.5. The standard InChI is InChI=1S/C19H21F3N2O5S/c1-12(18(25)23-14-7-5-6-13(10-14)19(20,21)22)24(30(4,26)27)15-8-9-16(28-2)17(11-15)29-3/h5-12H,1-4H3,(H,23,25)/t12-/m0/s1. The largest absolute Gasteiger partial charge is 0.493 e. The zero-order chi connectivity index (χ0) is 22.7. The van der Waals surface area contributed by atoms with E-state index in [-0.39, 0.29) is 17.1 Å². The number of carbonyl (C=O) groups is 1. The average molecular weight is 446 g/mol. The van der Waals surface area contributed by atoms with Gasteiger partial charge in [-0.05, 0) is 37.3 Å². The van der Waals surface area contributed by atoms with E-state index in [2.05, 4.69) is 5.32 Å². The Bertz CT molecular complexity index is 1030. The molecule has 30 heavy (non-hydrogen) atoms. The molecule has 0 heterocycles. The molecule has 7 nitrogen and oxygen atoms in total. The SMILES string of the molecule is COc1ccc(N([C@@H](C)C(=O)Nc2cccc(C(F)(F)F)c2)S(C)(=O)=O)cc1OC. The van der Waals surface area contributed by atoms with Crippen molar-refractivity contribution >= 4 is 27.3 Å². The van der Waals surface area contributed by atoms with Crippen LogP contribution < -0.4 is 19.1 Å². The van der Waals surface area contributed by atoms with E-state index in [0.717, 1.165) is 28.8 Å². The summed E-state index contributed by atoms with van der Waals surface area (Å²) >= 11 is 0. The Morgan fingerprint density at radius 2 is 1.70 bits per heavy atom. The van der Waals surface area contributed by atoms with E-state index in [0.29, 0.717) is 5.75 Å². The molecule has 0 aromatic heterocycles. The predicted octanol–water partition coefficient (Wildman–Crippen LogP) is 3.52. The summed E-state index contributed by atoms with van der Waals surface area (Å²) in [5.74, 6) is -0.209. The molecule has 0 saturated heterocycles. The van der Waals surface area contributed by atoms with Crippen LogP contribution in [-0.2, 0) is 21.0 Å². The first kappa shape index (κ1) is 23.3. The number of alkyl halides is 3. The van der Waals surface area contributed by atoms with Crippen molar-refractivity contribution in [1.29, 1.82) is 0 Å². The lowest BCUT2D eigenvalue weighted by Gasteiger charge is -2.28. The topological polar surface area (TPSA) is 84.9 Å². The van der Waals surface area contributed by atoms with Crippen LogP contribution in [0.3, 0.4) is 0 Å². The van der Waals surface area contributed by atoms with Crippen molar-refractivity contribution in [2.75, 3.05) is 30.1 Å². The maximum absolute atomic E-state index is 12.9. The van der Waals surface area contributed by atoms with Crippen LogP contribution in [0.4, 0.5) is 24.5 Å². The Balaban J connectivity index is 2.37. The number of benzene rings is 2. The Morgan fingerprint density at radius 3 is 2.23 bits per heavy atom. The third kappa shape index (κ3) is 5.35. The lowest BCUT2D eigenvalue weighted by Crippen LogP contribution is -2.45. The normalized spacial score (nSPS) is 12.8. The highest BCUT2D eigenvalue weighted by molar-refractivity contribution is 7.92. The van der Waals surface area contributed by atoms with Crippen LogP contribution in [0.1, 0.15) is 12.5 Å². The summed E-state index contributed by atoms with van der Waals surface area (Å²) < 4.78 is 74.6. The third-order valence-corrected chi connectivity index (χ3v) is 5.41. The molecule has 0 saturated carbocycles. The molecule has 1 amide bonds. The molecule has 164 valence electrons. The molecule has 0 radical (unpaired) electrons. The fourth-order valence-corrected chi connectivity index (χ4v) is 3.96. The third-order valence-electron chi connectivity index (χ3n) is 4.17. The molecule has 2 rings (SSSR count). The number of ether oxygens (including phenoxy) is 2. The van der Waals surface area contributed by atoms with Crippen LogP contribution in [0.5, 0.6) is 11.5 Å². The number of carbonyl (C=O) groups excluding carboxylic acids is 1. The summed E-state index contributed by atoms with van der Waals surface area (Å²) in [5, 5.41) is 2.33. The molecule has 0 spiro atoms. The lowest BCUT2D eigenvalue weighted by molar-refractivity contribution is -0.137. The number of rotatable bonds is 7. The van der Waals surface area contributed by atoms with Crippen molar-refractivity contribution < 1.29 is 35.9 Å². The number of anilines is 2.